The van der Waals surface area contributed by atoms with Gasteiger partial charge in [0.1, 0.15) is 18.6 Å². The Balaban J connectivity index is 3.77. The lowest BCUT2D eigenvalue weighted by atomic mass is 10.2. The predicted octanol–water partition coefficient (Wildman–Crippen LogP) is 2.64. The Morgan fingerprint density at radius 1 is 0.960 bits per heavy atom. The molecule has 0 aromatic heterocycles. The van der Waals surface area contributed by atoms with Gasteiger partial charge in [-0.3, -0.25) is 0 Å². The molecular weight excluding hydrogens is 326 g/mol. The Morgan fingerprint density at radius 3 is 2.12 bits per heavy atom. The first-order valence-electron chi connectivity index (χ1n) is 8.86. The van der Waals surface area contributed by atoms with E-state index in [1.807, 2.05) is 20.8 Å². The van der Waals surface area contributed by atoms with E-state index >= 15 is 0 Å². The van der Waals surface area contributed by atoms with Gasteiger partial charge in [0.15, 0.2) is 6.29 Å². The van der Waals surface area contributed by atoms with Gasteiger partial charge in [0.05, 0.1) is 32.0 Å². The van der Waals surface area contributed by atoms with E-state index in [1.165, 1.54) is 6.26 Å². The van der Waals surface area contributed by atoms with Crippen molar-refractivity contribution < 1.29 is 28.4 Å². The van der Waals surface area contributed by atoms with Gasteiger partial charge in [-0.25, -0.2) is 0 Å². The highest BCUT2D eigenvalue weighted by Gasteiger charge is 2.16. The van der Waals surface area contributed by atoms with Crippen molar-refractivity contribution in [1.82, 2.24) is 0 Å². The largest absolute Gasteiger partial charge is 0.495 e. The van der Waals surface area contributed by atoms with Crippen molar-refractivity contribution in [3.05, 3.63) is 12.0 Å². The predicted molar refractivity (Wildman–Crippen MR) is 96.9 cm³/mol. The molecule has 0 aromatic rings. The molecule has 0 aliphatic heterocycles. The maximum atomic E-state index is 5.73. The summed E-state index contributed by atoms with van der Waals surface area (Å²) >= 11 is 0. The van der Waals surface area contributed by atoms with Gasteiger partial charge >= 0.3 is 0 Å². The molecule has 0 aliphatic rings. The van der Waals surface area contributed by atoms with Crippen molar-refractivity contribution in [1.29, 1.82) is 0 Å². The van der Waals surface area contributed by atoms with Crippen LogP contribution >= 0.6 is 0 Å². The van der Waals surface area contributed by atoms with Gasteiger partial charge in [-0.15, -0.1) is 0 Å². The van der Waals surface area contributed by atoms with E-state index in [2.05, 4.69) is 13.8 Å². The van der Waals surface area contributed by atoms with E-state index in [0.717, 1.165) is 0 Å². The standard InChI is InChI=1S/C18H37NO6/c1-13(2)17(24-14(3)4)23-11-10-21-8-9-22-12-15(5)25-18(20-7)16(6)19/h12-14,16-18H,8-11,19H2,1-7H3/b15-12+. The summed E-state index contributed by atoms with van der Waals surface area (Å²) in [5, 5.41) is 0. The summed E-state index contributed by atoms with van der Waals surface area (Å²) in [6, 6.07) is -0.231. The lowest BCUT2D eigenvalue weighted by molar-refractivity contribution is -0.190. The molecule has 0 heterocycles. The minimum atomic E-state index is -0.491. The van der Waals surface area contributed by atoms with E-state index in [4.69, 9.17) is 34.2 Å². The smallest absolute Gasteiger partial charge is 0.214 e. The van der Waals surface area contributed by atoms with Crippen molar-refractivity contribution >= 4 is 0 Å². The Bertz CT molecular complexity index is 346. The highest BCUT2D eigenvalue weighted by atomic mass is 16.7. The molecule has 0 radical (unpaired) electrons. The number of ether oxygens (including phenoxy) is 6. The fraction of sp³-hybridized carbons (Fsp3) is 0.889. The van der Waals surface area contributed by atoms with Crippen LogP contribution in [0.25, 0.3) is 0 Å². The zero-order valence-corrected chi connectivity index (χ0v) is 16.8. The van der Waals surface area contributed by atoms with E-state index in [-0.39, 0.29) is 18.4 Å². The molecule has 25 heavy (non-hydrogen) atoms. The fourth-order valence-corrected chi connectivity index (χ4v) is 1.85. The number of rotatable bonds is 15. The molecule has 3 unspecified atom stereocenters. The topological polar surface area (TPSA) is 81.4 Å². The summed E-state index contributed by atoms with van der Waals surface area (Å²) in [5.74, 6) is 0.893. The second-order valence-corrected chi connectivity index (χ2v) is 6.46. The van der Waals surface area contributed by atoms with E-state index in [1.54, 1.807) is 14.0 Å². The number of hydrogen-bond donors (Lipinski definition) is 1. The second kappa shape index (κ2) is 14.3. The first-order chi connectivity index (χ1) is 11.8. The first kappa shape index (κ1) is 24.1. The quantitative estimate of drug-likeness (QED) is 0.272. The molecule has 0 aliphatic carbocycles. The molecule has 7 heteroatoms. The summed E-state index contributed by atoms with van der Waals surface area (Å²) in [7, 11) is 1.55. The van der Waals surface area contributed by atoms with Gasteiger partial charge in [0.25, 0.3) is 0 Å². The van der Waals surface area contributed by atoms with Crippen molar-refractivity contribution in [3.63, 3.8) is 0 Å². The van der Waals surface area contributed by atoms with Crippen LogP contribution in [0.5, 0.6) is 0 Å². The average Bonchev–Trinajstić information content (AvgIpc) is 2.52. The molecule has 3 atom stereocenters. The number of hydrogen-bond acceptors (Lipinski definition) is 7. The van der Waals surface area contributed by atoms with Crippen LogP contribution in [0.1, 0.15) is 41.5 Å². The van der Waals surface area contributed by atoms with Crippen LogP contribution in [0.15, 0.2) is 12.0 Å². The molecule has 0 fully saturated rings. The minimum absolute atomic E-state index is 0.138. The van der Waals surface area contributed by atoms with Crippen molar-refractivity contribution in [2.45, 2.75) is 66.3 Å². The summed E-state index contributed by atoms with van der Waals surface area (Å²) in [6.07, 6.45) is 0.967. The highest BCUT2D eigenvalue weighted by molar-refractivity contribution is 4.83. The van der Waals surface area contributed by atoms with Crippen molar-refractivity contribution in [2.24, 2.45) is 11.7 Å². The maximum absolute atomic E-state index is 5.73. The van der Waals surface area contributed by atoms with Crippen LogP contribution < -0.4 is 5.73 Å². The zero-order chi connectivity index (χ0) is 19.2. The van der Waals surface area contributed by atoms with Crippen molar-refractivity contribution in [2.75, 3.05) is 33.5 Å². The van der Waals surface area contributed by atoms with Gasteiger partial charge < -0.3 is 34.2 Å². The minimum Gasteiger partial charge on any atom is -0.495 e. The van der Waals surface area contributed by atoms with E-state index < -0.39 is 6.29 Å². The Labute approximate surface area is 152 Å². The summed E-state index contributed by atoms with van der Waals surface area (Å²) in [4.78, 5) is 0. The van der Waals surface area contributed by atoms with Gasteiger partial charge in [-0.1, -0.05) is 13.8 Å². The molecule has 150 valence electrons. The number of methoxy groups -OCH3 is 1. The molecular formula is C18H37NO6. The maximum Gasteiger partial charge on any atom is 0.214 e. The van der Waals surface area contributed by atoms with Gasteiger partial charge in [0, 0.05) is 13.0 Å². The third kappa shape index (κ3) is 13.1. The van der Waals surface area contributed by atoms with Gasteiger partial charge in [-0.05, 0) is 27.7 Å². The molecule has 0 bridgehead atoms. The van der Waals surface area contributed by atoms with Crippen LogP contribution in [0, 0.1) is 5.92 Å². The number of nitrogens with two attached hydrogens (primary N) is 1. The van der Waals surface area contributed by atoms with Gasteiger partial charge in [-0.2, -0.15) is 0 Å². The molecule has 7 nitrogen and oxygen atoms in total. The Kier molecular flexibility index (Phi) is 13.8. The first-order valence-corrected chi connectivity index (χ1v) is 8.86. The van der Waals surface area contributed by atoms with Crippen LogP contribution in [-0.2, 0) is 28.4 Å². The Hall–Kier alpha value is -0.860. The lowest BCUT2D eigenvalue weighted by Gasteiger charge is -2.24. The average molecular weight is 363 g/mol. The van der Waals surface area contributed by atoms with E-state index in [9.17, 15) is 0 Å². The second-order valence-electron chi connectivity index (χ2n) is 6.46. The lowest BCUT2D eigenvalue weighted by Crippen LogP contribution is -2.35. The third-order valence-electron chi connectivity index (χ3n) is 3.02. The molecule has 0 saturated carbocycles. The van der Waals surface area contributed by atoms with E-state index in [0.29, 0.717) is 38.1 Å². The highest BCUT2D eigenvalue weighted by Crippen LogP contribution is 2.10. The van der Waals surface area contributed by atoms with Gasteiger partial charge in [0.2, 0.25) is 6.29 Å². The Morgan fingerprint density at radius 2 is 1.60 bits per heavy atom. The van der Waals surface area contributed by atoms with Crippen LogP contribution in [0.2, 0.25) is 0 Å². The normalized spacial score (nSPS) is 16.2. The zero-order valence-electron chi connectivity index (χ0n) is 16.8. The fourth-order valence-electron chi connectivity index (χ4n) is 1.85. The number of allylic oxidation sites excluding steroid dienone is 1. The molecule has 0 saturated heterocycles. The summed E-state index contributed by atoms with van der Waals surface area (Å²) in [6.45, 7) is 13.6. The van der Waals surface area contributed by atoms with Crippen LogP contribution in [-0.4, -0.2) is 58.3 Å². The summed E-state index contributed by atoms with van der Waals surface area (Å²) in [5.41, 5.74) is 5.73. The molecule has 2 N–H and O–H groups in total. The molecule has 0 spiro atoms. The van der Waals surface area contributed by atoms with Crippen LogP contribution in [0.3, 0.4) is 0 Å². The van der Waals surface area contributed by atoms with Crippen LogP contribution in [0.4, 0.5) is 0 Å². The molecule has 0 aromatic carbocycles. The monoisotopic (exact) mass is 363 g/mol. The summed E-state index contributed by atoms with van der Waals surface area (Å²) < 4.78 is 32.8. The molecule has 0 rings (SSSR count). The SMILES string of the molecule is COC(O/C(C)=C/OCCOCCOC(OC(C)C)C(C)C)C(C)N. The third-order valence-corrected chi connectivity index (χ3v) is 3.02. The van der Waals surface area contributed by atoms with Crippen molar-refractivity contribution in [3.8, 4) is 0 Å². The molecule has 0 amide bonds.